The van der Waals surface area contributed by atoms with Gasteiger partial charge in [0, 0.05) is 49.9 Å². The molecule has 0 unspecified atom stereocenters. The Morgan fingerprint density at radius 3 is 2.00 bits per heavy atom. The van der Waals surface area contributed by atoms with Crippen LogP contribution in [-0.4, -0.2) is 105 Å². The van der Waals surface area contributed by atoms with Gasteiger partial charge in [-0.05, 0) is 84.9 Å². The summed E-state index contributed by atoms with van der Waals surface area (Å²) < 4.78 is 71.2. The molecular weight excluding hydrogens is 789 g/mol. The van der Waals surface area contributed by atoms with Crippen molar-refractivity contribution in [3.63, 3.8) is 0 Å². The molecule has 2 aromatic carbocycles. The van der Waals surface area contributed by atoms with Crippen LogP contribution in [0.2, 0.25) is 10.6 Å². The SMILES string of the molecule is Cc1cc(S(=O)(=O)O)c(C)cc1Nc1nc(Cl)nc(N2CCN(CCNc3nc(Cl)nc(Nc4cc(C)c(SOOO)cc4S(=O)(=O)O)n3)CC2)n1. The second kappa shape index (κ2) is 16.5. The predicted octanol–water partition coefficient (Wildman–Crippen LogP) is 3.93. The third-order valence-electron chi connectivity index (χ3n) is 7.57. The van der Waals surface area contributed by atoms with E-state index in [1.807, 2.05) is 4.90 Å². The highest BCUT2D eigenvalue weighted by molar-refractivity contribution is 7.94. The molecule has 0 spiro atoms. The first kappa shape index (κ1) is 39.5. The van der Waals surface area contributed by atoms with E-state index in [2.05, 4.69) is 60.1 Å². The molecular formula is C27H31Cl2N11O9S3. The van der Waals surface area contributed by atoms with Crippen molar-refractivity contribution in [2.45, 2.75) is 35.5 Å². The molecule has 1 saturated heterocycles. The van der Waals surface area contributed by atoms with Gasteiger partial charge in [0.05, 0.1) is 22.6 Å². The van der Waals surface area contributed by atoms with Gasteiger partial charge in [-0.3, -0.25) is 14.0 Å². The van der Waals surface area contributed by atoms with Crippen molar-refractivity contribution >= 4 is 90.6 Å². The summed E-state index contributed by atoms with van der Waals surface area (Å²) in [5.41, 5.74) is 1.86. The Morgan fingerprint density at radius 1 is 0.750 bits per heavy atom. The van der Waals surface area contributed by atoms with Gasteiger partial charge in [0.15, 0.2) is 0 Å². The lowest BCUT2D eigenvalue weighted by molar-refractivity contribution is -0.432. The van der Waals surface area contributed by atoms with Crippen molar-refractivity contribution < 1.29 is 40.6 Å². The number of hydrogen-bond acceptors (Lipinski definition) is 19. The van der Waals surface area contributed by atoms with Crippen molar-refractivity contribution in [2.24, 2.45) is 0 Å². The summed E-state index contributed by atoms with van der Waals surface area (Å²) >= 11 is 12.9. The molecule has 5 rings (SSSR count). The van der Waals surface area contributed by atoms with Crippen molar-refractivity contribution in [3.05, 3.63) is 51.5 Å². The quantitative estimate of drug-likeness (QED) is 0.0455. The van der Waals surface area contributed by atoms with Crippen LogP contribution in [0.3, 0.4) is 0 Å². The molecule has 0 atom stereocenters. The third kappa shape index (κ3) is 10.2. The first-order valence-corrected chi connectivity index (χ1v) is 19.3. The van der Waals surface area contributed by atoms with Crippen LogP contribution >= 0.6 is 35.2 Å². The number of nitrogens with one attached hydrogen (secondary N) is 3. The summed E-state index contributed by atoms with van der Waals surface area (Å²) in [5.74, 6) is 0.542. The van der Waals surface area contributed by atoms with Gasteiger partial charge < -0.3 is 20.9 Å². The van der Waals surface area contributed by atoms with E-state index < -0.39 is 25.1 Å². The van der Waals surface area contributed by atoms with Crippen LogP contribution in [0, 0.1) is 20.8 Å². The summed E-state index contributed by atoms with van der Waals surface area (Å²) in [6, 6.07) is 5.43. The van der Waals surface area contributed by atoms with Crippen LogP contribution in [0.4, 0.5) is 35.2 Å². The minimum Gasteiger partial charge on any atom is -0.353 e. The van der Waals surface area contributed by atoms with Gasteiger partial charge in [-0.25, -0.2) is 5.26 Å². The van der Waals surface area contributed by atoms with E-state index in [-0.39, 0.29) is 43.9 Å². The maximum atomic E-state index is 12.1. The second-order valence-electron chi connectivity index (χ2n) is 11.2. The number of aryl methyl sites for hydroxylation is 3. The highest BCUT2D eigenvalue weighted by atomic mass is 35.5. The Morgan fingerprint density at radius 2 is 1.35 bits per heavy atom. The average molecular weight is 821 g/mol. The number of piperazine rings is 1. The number of hydrogen-bond donors (Lipinski definition) is 6. The van der Waals surface area contributed by atoms with Crippen molar-refractivity contribution in [2.75, 3.05) is 60.1 Å². The molecule has 6 N–H and O–H groups in total. The molecule has 0 radical (unpaired) electrons. The fourth-order valence-corrected chi connectivity index (χ4v) is 7.38. The van der Waals surface area contributed by atoms with E-state index in [9.17, 15) is 25.9 Å². The second-order valence-corrected chi connectivity index (χ2v) is 15.4. The van der Waals surface area contributed by atoms with E-state index in [0.29, 0.717) is 79.6 Å². The molecule has 52 heavy (non-hydrogen) atoms. The van der Waals surface area contributed by atoms with Gasteiger partial charge in [-0.1, -0.05) is 5.04 Å². The first-order valence-electron chi connectivity index (χ1n) is 14.9. The lowest BCUT2D eigenvalue weighted by Gasteiger charge is -2.34. The minimum absolute atomic E-state index is 0.0314. The van der Waals surface area contributed by atoms with E-state index in [1.165, 1.54) is 12.1 Å². The summed E-state index contributed by atoms with van der Waals surface area (Å²) in [6.07, 6.45) is 0. The maximum absolute atomic E-state index is 12.1. The Kier molecular flexibility index (Phi) is 12.5. The first-order chi connectivity index (χ1) is 24.5. The molecule has 0 saturated carbocycles. The number of halogens is 2. The standard InChI is InChI=1S/C27H31Cl2N11O9S3/c1-14-12-20(51(42,43)44)16(3)11-17(14)31-26-35-23(29)36-27(38-26)40-8-6-39(7-9-40)5-4-30-24-33-22(28)34-25(37-24)32-18-10-15(2)19(50-49-48-41)13-21(18)52(45,46)47/h10-13,41H,4-9H2,1-3H3,(H,42,43,44)(H,45,46,47)(H,31,35,36,38)(H2,30,32,33,34,37). The zero-order valence-corrected chi connectivity index (χ0v) is 31.4. The monoisotopic (exact) mass is 819 g/mol. The molecule has 0 amide bonds. The van der Waals surface area contributed by atoms with Crippen LogP contribution < -0.4 is 20.9 Å². The molecule has 1 aliphatic rings. The molecule has 4 aromatic rings. The highest BCUT2D eigenvalue weighted by Gasteiger charge is 2.23. The Balaban J connectivity index is 1.18. The summed E-state index contributed by atoms with van der Waals surface area (Å²) in [6.45, 7) is 8.30. The predicted molar refractivity (Wildman–Crippen MR) is 191 cm³/mol. The number of benzene rings is 2. The number of rotatable bonds is 14. The van der Waals surface area contributed by atoms with Crippen LogP contribution in [0.1, 0.15) is 16.7 Å². The molecule has 20 nitrogen and oxygen atoms in total. The van der Waals surface area contributed by atoms with Gasteiger partial charge in [0.1, 0.15) is 4.90 Å². The van der Waals surface area contributed by atoms with Gasteiger partial charge in [-0.15, -0.1) is 4.33 Å². The maximum Gasteiger partial charge on any atom is 0.296 e. The largest absolute Gasteiger partial charge is 0.353 e. The fraction of sp³-hybridized carbons (Fsp3) is 0.333. The lowest BCUT2D eigenvalue weighted by atomic mass is 10.1. The molecule has 1 aliphatic heterocycles. The normalized spacial score (nSPS) is 14.0. The zero-order valence-electron chi connectivity index (χ0n) is 27.4. The molecule has 0 aliphatic carbocycles. The van der Waals surface area contributed by atoms with Crippen molar-refractivity contribution in [1.82, 2.24) is 34.8 Å². The third-order valence-corrected chi connectivity index (χ3v) is 10.5. The minimum atomic E-state index is -4.72. The van der Waals surface area contributed by atoms with Gasteiger partial charge in [-0.2, -0.15) is 46.7 Å². The Bertz CT molecular complexity index is 2180. The van der Waals surface area contributed by atoms with Crippen molar-refractivity contribution in [3.8, 4) is 0 Å². The summed E-state index contributed by atoms with van der Waals surface area (Å²) in [4.78, 5) is 28.9. The average Bonchev–Trinajstić information content (AvgIpc) is 3.04. The molecule has 3 heterocycles. The van der Waals surface area contributed by atoms with E-state index >= 15 is 0 Å². The lowest BCUT2D eigenvalue weighted by Crippen LogP contribution is -2.48. The zero-order chi connectivity index (χ0) is 37.8. The summed E-state index contributed by atoms with van der Waals surface area (Å²) in [5, 5.41) is 20.7. The van der Waals surface area contributed by atoms with E-state index in [1.54, 1.807) is 26.8 Å². The van der Waals surface area contributed by atoms with Crippen LogP contribution in [0.25, 0.3) is 0 Å². The highest BCUT2D eigenvalue weighted by Crippen LogP contribution is 2.33. The number of anilines is 6. The molecule has 1 fully saturated rings. The number of aromatic nitrogens is 6. The molecule has 2 aromatic heterocycles. The smallest absolute Gasteiger partial charge is 0.296 e. The van der Waals surface area contributed by atoms with Gasteiger partial charge in [0.2, 0.25) is 34.4 Å². The molecule has 25 heteroatoms. The topological polar surface area (TPSA) is 267 Å². The van der Waals surface area contributed by atoms with Crippen LogP contribution in [0.5, 0.6) is 0 Å². The van der Waals surface area contributed by atoms with E-state index in [4.69, 9.17) is 28.5 Å². The summed E-state index contributed by atoms with van der Waals surface area (Å²) in [7, 11) is -9.10. The molecule has 280 valence electrons. The number of nitrogens with zero attached hydrogens (tertiary/aromatic N) is 8. The van der Waals surface area contributed by atoms with Crippen LogP contribution in [-0.2, 0) is 29.6 Å². The van der Waals surface area contributed by atoms with Gasteiger partial charge in [0.25, 0.3) is 20.2 Å². The fourth-order valence-electron chi connectivity index (χ4n) is 5.08. The Labute approximate surface area is 311 Å². The molecule has 0 bridgehead atoms. The van der Waals surface area contributed by atoms with Crippen LogP contribution in [0.15, 0.2) is 39.0 Å². The van der Waals surface area contributed by atoms with Crippen molar-refractivity contribution in [1.29, 1.82) is 0 Å². The van der Waals surface area contributed by atoms with Gasteiger partial charge >= 0.3 is 0 Å². The Hall–Kier alpha value is -3.75. The van der Waals surface area contributed by atoms with E-state index in [0.717, 1.165) is 6.07 Å².